The summed E-state index contributed by atoms with van der Waals surface area (Å²) in [4.78, 5) is 31.7. The molecule has 0 atom stereocenters. The fraction of sp³-hybridized carbons (Fsp3) is 0.261. The Kier molecular flexibility index (Phi) is 8.06. The van der Waals surface area contributed by atoms with E-state index in [1.165, 1.54) is 35.2 Å². The van der Waals surface area contributed by atoms with Gasteiger partial charge < -0.3 is 10.3 Å². The number of anilines is 1. The summed E-state index contributed by atoms with van der Waals surface area (Å²) in [5, 5.41) is 3.27. The van der Waals surface area contributed by atoms with Crippen molar-refractivity contribution in [2.24, 2.45) is 0 Å². The molecule has 0 fully saturated rings. The minimum atomic E-state index is -3.67. The van der Waals surface area contributed by atoms with Crippen molar-refractivity contribution >= 4 is 33.4 Å². The highest BCUT2D eigenvalue weighted by atomic mass is 32.2. The molecule has 0 aliphatic rings. The first-order valence-corrected chi connectivity index (χ1v) is 12.9. The van der Waals surface area contributed by atoms with Gasteiger partial charge in [-0.05, 0) is 49.4 Å². The van der Waals surface area contributed by atoms with Crippen molar-refractivity contribution in [2.45, 2.75) is 36.4 Å². The molecule has 0 radical (unpaired) electrons. The topological polar surface area (TPSA) is 112 Å². The summed E-state index contributed by atoms with van der Waals surface area (Å²) in [7, 11) is -2.14. The van der Waals surface area contributed by atoms with E-state index in [-0.39, 0.29) is 35.7 Å². The number of carbonyl (C=O) groups is 1. The van der Waals surface area contributed by atoms with Crippen LogP contribution in [0.15, 0.2) is 69.4 Å². The van der Waals surface area contributed by atoms with Crippen LogP contribution >= 0.6 is 11.8 Å². The second-order valence-electron chi connectivity index (χ2n) is 7.46. The van der Waals surface area contributed by atoms with Gasteiger partial charge in [0.2, 0.25) is 15.9 Å². The number of amides is 1. The highest BCUT2D eigenvalue weighted by Crippen LogP contribution is 2.19. The second kappa shape index (κ2) is 10.8. The molecule has 3 rings (SSSR count). The number of thioether (sulfide) groups is 1. The Morgan fingerprint density at radius 1 is 1.12 bits per heavy atom. The Labute approximate surface area is 197 Å². The molecule has 10 heteroatoms. The monoisotopic (exact) mass is 486 g/mol. The number of aromatic amines is 1. The number of nitrogens with zero attached hydrogens (tertiary/aromatic N) is 2. The summed E-state index contributed by atoms with van der Waals surface area (Å²) in [5.74, 6) is -0.278. The third kappa shape index (κ3) is 6.31. The number of H-pyrrole nitrogens is 1. The van der Waals surface area contributed by atoms with Crippen LogP contribution in [0.2, 0.25) is 0 Å². The first-order valence-electron chi connectivity index (χ1n) is 10.2. The van der Waals surface area contributed by atoms with E-state index in [1.54, 1.807) is 19.1 Å². The van der Waals surface area contributed by atoms with Gasteiger partial charge in [-0.3, -0.25) is 9.59 Å². The predicted molar refractivity (Wildman–Crippen MR) is 130 cm³/mol. The SMILES string of the molecule is CSc1nc(C)c(CCC(=O)Nc2ccc(S(=O)(=O)N(C)Cc3ccccc3)cc2)c(=O)[nH]1. The van der Waals surface area contributed by atoms with Crippen LogP contribution in [-0.2, 0) is 27.8 Å². The number of nitrogens with one attached hydrogen (secondary N) is 2. The second-order valence-corrected chi connectivity index (χ2v) is 10.3. The first kappa shape index (κ1) is 24.7. The number of hydrogen-bond acceptors (Lipinski definition) is 6. The van der Waals surface area contributed by atoms with Gasteiger partial charge >= 0.3 is 0 Å². The largest absolute Gasteiger partial charge is 0.326 e. The lowest BCUT2D eigenvalue weighted by Crippen LogP contribution is -2.26. The molecule has 174 valence electrons. The van der Waals surface area contributed by atoms with Crippen LogP contribution in [0.4, 0.5) is 5.69 Å². The van der Waals surface area contributed by atoms with Crippen LogP contribution in [0.5, 0.6) is 0 Å². The number of rotatable bonds is 9. The molecule has 0 spiro atoms. The number of aryl methyl sites for hydroxylation is 1. The molecule has 0 aliphatic carbocycles. The van der Waals surface area contributed by atoms with Crippen LogP contribution in [-0.4, -0.2) is 41.9 Å². The molecule has 1 amide bonds. The van der Waals surface area contributed by atoms with Gasteiger partial charge in [-0.2, -0.15) is 4.31 Å². The Hall–Kier alpha value is -2.95. The van der Waals surface area contributed by atoms with Crippen LogP contribution in [0.1, 0.15) is 23.2 Å². The summed E-state index contributed by atoms with van der Waals surface area (Å²) in [5.41, 5.74) is 2.20. The number of benzene rings is 2. The van der Waals surface area contributed by atoms with Crippen LogP contribution in [0.25, 0.3) is 0 Å². The van der Waals surface area contributed by atoms with Crippen molar-refractivity contribution in [3.05, 3.63) is 81.8 Å². The number of hydrogen-bond donors (Lipinski definition) is 2. The normalized spacial score (nSPS) is 11.5. The van der Waals surface area contributed by atoms with E-state index in [1.807, 2.05) is 36.6 Å². The third-order valence-electron chi connectivity index (χ3n) is 5.09. The lowest BCUT2D eigenvalue weighted by atomic mass is 10.1. The molecule has 0 unspecified atom stereocenters. The van der Waals surface area contributed by atoms with Crippen molar-refractivity contribution in [3.8, 4) is 0 Å². The molecule has 33 heavy (non-hydrogen) atoms. The average molecular weight is 487 g/mol. The summed E-state index contributed by atoms with van der Waals surface area (Å²) in [6.45, 7) is 2.00. The van der Waals surface area contributed by atoms with E-state index >= 15 is 0 Å². The quantitative estimate of drug-likeness (QED) is 0.355. The Bertz CT molecular complexity index is 1270. The number of carbonyl (C=O) groups excluding carboxylic acids is 1. The van der Waals surface area contributed by atoms with Crippen LogP contribution in [0, 0.1) is 6.92 Å². The maximum Gasteiger partial charge on any atom is 0.254 e. The van der Waals surface area contributed by atoms with Gasteiger partial charge in [-0.1, -0.05) is 42.1 Å². The number of aromatic nitrogens is 2. The van der Waals surface area contributed by atoms with Crippen molar-refractivity contribution in [1.29, 1.82) is 0 Å². The molecule has 2 aromatic carbocycles. The van der Waals surface area contributed by atoms with Crippen molar-refractivity contribution in [3.63, 3.8) is 0 Å². The molecule has 3 aromatic rings. The van der Waals surface area contributed by atoms with Gasteiger partial charge in [0.05, 0.1) is 4.90 Å². The van der Waals surface area contributed by atoms with Gasteiger partial charge in [-0.25, -0.2) is 13.4 Å². The molecule has 0 saturated carbocycles. The smallest absolute Gasteiger partial charge is 0.254 e. The predicted octanol–water partition coefficient (Wildman–Crippen LogP) is 3.19. The zero-order valence-corrected chi connectivity index (χ0v) is 20.3. The molecule has 0 saturated heterocycles. The minimum Gasteiger partial charge on any atom is -0.326 e. The molecule has 0 bridgehead atoms. The summed E-state index contributed by atoms with van der Waals surface area (Å²) in [6, 6.07) is 15.4. The molecule has 8 nitrogen and oxygen atoms in total. The molecule has 1 heterocycles. The lowest BCUT2D eigenvalue weighted by molar-refractivity contribution is -0.116. The van der Waals surface area contributed by atoms with E-state index in [0.717, 1.165) is 5.56 Å². The third-order valence-corrected chi connectivity index (χ3v) is 7.49. The van der Waals surface area contributed by atoms with E-state index < -0.39 is 10.0 Å². The highest BCUT2D eigenvalue weighted by Gasteiger charge is 2.21. The number of sulfonamides is 1. The van der Waals surface area contributed by atoms with Crippen molar-refractivity contribution < 1.29 is 13.2 Å². The van der Waals surface area contributed by atoms with Gasteiger partial charge in [-0.15, -0.1) is 0 Å². The highest BCUT2D eigenvalue weighted by molar-refractivity contribution is 7.98. The zero-order chi connectivity index (χ0) is 24.0. The summed E-state index contributed by atoms with van der Waals surface area (Å²) < 4.78 is 27.0. The van der Waals surface area contributed by atoms with Crippen LogP contribution in [0.3, 0.4) is 0 Å². The van der Waals surface area contributed by atoms with E-state index in [0.29, 0.717) is 22.1 Å². The molecule has 0 aliphatic heterocycles. The summed E-state index contributed by atoms with van der Waals surface area (Å²) >= 11 is 1.34. The van der Waals surface area contributed by atoms with Gasteiger partial charge in [0.25, 0.3) is 5.56 Å². The fourth-order valence-corrected chi connectivity index (χ4v) is 4.84. The van der Waals surface area contributed by atoms with Gasteiger partial charge in [0, 0.05) is 37.0 Å². The Morgan fingerprint density at radius 3 is 2.39 bits per heavy atom. The Balaban J connectivity index is 1.61. The van der Waals surface area contributed by atoms with Gasteiger partial charge in [0.1, 0.15) is 0 Å². The maximum atomic E-state index is 12.8. The van der Waals surface area contributed by atoms with E-state index in [2.05, 4.69) is 15.3 Å². The van der Waals surface area contributed by atoms with Gasteiger partial charge in [0.15, 0.2) is 5.16 Å². The van der Waals surface area contributed by atoms with Crippen LogP contribution < -0.4 is 10.9 Å². The van der Waals surface area contributed by atoms with E-state index in [9.17, 15) is 18.0 Å². The molecular weight excluding hydrogens is 460 g/mol. The molecule has 1 aromatic heterocycles. The van der Waals surface area contributed by atoms with E-state index in [4.69, 9.17) is 0 Å². The lowest BCUT2D eigenvalue weighted by Gasteiger charge is -2.17. The van der Waals surface area contributed by atoms with Crippen molar-refractivity contribution in [1.82, 2.24) is 14.3 Å². The first-order chi connectivity index (χ1) is 15.7. The summed E-state index contributed by atoms with van der Waals surface area (Å²) in [6.07, 6.45) is 2.18. The standard InChI is InChI=1S/C23H26N4O4S2/c1-16-20(22(29)26-23(24-16)32-3)13-14-21(28)25-18-9-11-19(12-10-18)33(30,31)27(2)15-17-7-5-4-6-8-17/h4-12H,13-15H2,1-3H3,(H,25,28)(H,24,26,29). The Morgan fingerprint density at radius 2 is 1.79 bits per heavy atom. The maximum absolute atomic E-state index is 12.8. The minimum absolute atomic E-state index is 0.101. The molecule has 2 N–H and O–H groups in total. The average Bonchev–Trinajstić information content (AvgIpc) is 2.79. The van der Waals surface area contributed by atoms with Crippen molar-refractivity contribution in [2.75, 3.05) is 18.6 Å². The molecular formula is C23H26N4O4S2. The fourth-order valence-electron chi connectivity index (χ4n) is 3.25. The zero-order valence-electron chi connectivity index (χ0n) is 18.7.